The van der Waals surface area contributed by atoms with Crippen LogP contribution in [0.3, 0.4) is 0 Å². The van der Waals surface area contributed by atoms with Gasteiger partial charge >= 0.3 is 0 Å². The van der Waals surface area contributed by atoms with E-state index in [9.17, 15) is 9.90 Å². The van der Waals surface area contributed by atoms with Gasteiger partial charge in [0, 0.05) is 16.1 Å². The number of rotatable bonds is 3. The minimum atomic E-state index is -1.68. The summed E-state index contributed by atoms with van der Waals surface area (Å²) in [5, 5.41) is 11.3. The molecule has 7 atom stereocenters. The molecule has 150 valence electrons. The zero-order chi connectivity index (χ0) is 19.7. The lowest BCUT2D eigenvalue weighted by Gasteiger charge is -2.63. The molecule has 4 aliphatic carbocycles. The molecule has 0 bridgehead atoms. The number of aliphatic hydroxyl groups is 1. The molecular formula is C23H33FO2S. The molecule has 27 heavy (non-hydrogen) atoms. The summed E-state index contributed by atoms with van der Waals surface area (Å²) in [6.45, 7) is 6.46. The van der Waals surface area contributed by atoms with Gasteiger partial charge in [-0.05, 0) is 75.2 Å². The minimum Gasteiger partial charge on any atom is -0.390 e. The number of carbonyl (C=O) groups is 1. The molecule has 0 aromatic rings. The molecule has 3 fully saturated rings. The molecule has 1 unspecified atom stereocenters. The standard InChI is InChI=1S/C23H33FO2S/c1-5-10-22(27-4)12-9-17-18-7-6-15-13-16(25)8-11-20(15,2)23(18,24)19(26)14-21(17,22)3/h8,11,13,17-19,26H,5-7,9-10,12,14H2,1-4H3/t17-,18-,19-,20-,21-,22-,23?/m0/s1. The molecule has 0 heterocycles. The van der Waals surface area contributed by atoms with Gasteiger partial charge in [-0.25, -0.2) is 4.39 Å². The lowest BCUT2D eigenvalue weighted by Crippen LogP contribution is -2.67. The van der Waals surface area contributed by atoms with Gasteiger partial charge in [0.25, 0.3) is 0 Å². The Morgan fingerprint density at radius 2 is 2.04 bits per heavy atom. The van der Waals surface area contributed by atoms with Gasteiger partial charge in [0.2, 0.25) is 0 Å². The minimum absolute atomic E-state index is 0.0339. The molecule has 1 N–H and O–H groups in total. The van der Waals surface area contributed by atoms with Gasteiger partial charge in [-0.2, -0.15) is 11.8 Å². The fraction of sp³-hybridized carbons (Fsp3) is 0.783. The Kier molecular flexibility index (Phi) is 4.52. The zero-order valence-corrected chi connectivity index (χ0v) is 17.9. The van der Waals surface area contributed by atoms with E-state index >= 15 is 4.39 Å². The smallest absolute Gasteiger partial charge is 0.178 e. The number of hydrogen-bond acceptors (Lipinski definition) is 3. The van der Waals surface area contributed by atoms with Crippen LogP contribution in [-0.2, 0) is 4.79 Å². The first-order chi connectivity index (χ1) is 12.7. The van der Waals surface area contributed by atoms with Crippen molar-refractivity contribution in [3.8, 4) is 0 Å². The summed E-state index contributed by atoms with van der Waals surface area (Å²) in [7, 11) is 0. The summed E-state index contributed by atoms with van der Waals surface area (Å²) in [5.74, 6) is 0.108. The first kappa shape index (κ1) is 19.7. The van der Waals surface area contributed by atoms with Crippen molar-refractivity contribution in [2.45, 2.75) is 82.2 Å². The van der Waals surface area contributed by atoms with E-state index in [2.05, 4.69) is 20.1 Å². The Labute approximate surface area is 167 Å². The third-order valence-corrected chi connectivity index (χ3v) is 10.6. The van der Waals surface area contributed by atoms with Crippen LogP contribution in [0.1, 0.15) is 65.7 Å². The third kappa shape index (κ3) is 2.26. The van der Waals surface area contributed by atoms with Crippen LogP contribution in [-0.4, -0.2) is 33.7 Å². The Morgan fingerprint density at radius 1 is 1.30 bits per heavy atom. The number of aliphatic hydroxyl groups excluding tert-OH is 1. The number of carbonyl (C=O) groups excluding carboxylic acids is 1. The van der Waals surface area contributed by atoms with Gasteiger partial charge in [0.05, 0.1) is 6.10 Å². The monoisotopic (exact) mass is 392 g/mol. The predicted molar refractivity (Wildman–Crippen MR) is 110 cm³/mol. The highest BCUT2D eigenvalue weighted by Crippen LogP contribution is 2.72. The average Bonchev–Trinajstić information content (AvgIpc) is 2.90. The molecule has 4 heteroatoms. The second-order valence-corrected chi connectivity index (χ2v) is 10.9. The number of alkyl halides is 1. The van der Waals surface area contributed by atoms with E-state index in [1.165, 1.54) is 6.08 Å². The van der Waals surface area contributed by atoms with E-state index in [0.717, 1.165) is 44.1 Å². The van der Waals surface area contributed by atoms with Gasteiger partial charge in [0.15, 0.2) is 11.5 Å². The Balaban J connectivity index is 1.80. The van der Waals surface area contributed by atoms with Crippen molar-refractivity contribution in [1.29, 1.82) is 0 Å². The Bertz CT molecular complexity index is 717. The fourth-order valence-corrected chi connectivity index (χ4v) is 8.97. The molecule has 0 saturated heterocycles. The number of fused-ring (bicyclic) bond motifs is 5. The van der Waals surface area contributed by atoms with Crippen LogP contribution in [0.5, 0.6) is 0 Å². The second kappa shape index (κ2) is 6.19. The highest BCUT2D eigenvalue weighted by Gasteiger charge is 2.72. The van der Waals surface area contributed by atoms with Gasteiger partial charge in [-0.15, -0.1) is 0 Å². The van der Waals surface area contributed by atoms with E-state index < -0.39 is 17.2 Å². The lowest BCUT2D eigenvalue weighted by atomic mass is 9.45. The zero-order valence-electron chi connectivity index (χ0n) is 17.1. The second-order valence-electron chi connectivity index (χ2n) is 9.75. The van der Waals surface area contributed by atoms with Crippen molar-refractivity contribution in [2.24, 2.45) is 22.7 Å². The molecule has 0 aromatic heterocycles. The van der Waals surface area contributed by atoms with E-state index in [1.54, 1.807) is 12.2 Å². The average molecular weight is 393 g/mol. The summed E-state index contributed by atoms with van der Waals surface area (Å²) in [5.41, 5.74) is -1.70. The Morgan fingerprint density at radius 3 is 2.70 bits per heavy atom. The molecule has 0 amide bonds. The SMILES string of the molecule is CCC[C@]1(SC)CC[C@H]2[C@@H]3CCC4=CC(=O)C=C[C@]4(C)C3(F)[C@@H](O)C[C@@]21C. The van der Waals surface area contributed by atoms with Gasteiger partial charge < -0.3 is 5.11 Å². The molecule has 3 saturated carbocycles. The summed E-state index contributed by atoms with van der Waals surface area (Å²) >= 11 is 1.95. The highest BCUT2D eigenvalue weighted by molar-refractivity contribution is 8.00. The summed E-state index contributed by atoms with van der Waals surface area (Å²) in [6.07, 6.45) is 12.6. The van der Waals surface area contributed by atoms with Gasteiger partial charge in [0.1, 0.15) is 0 Å². The van der Waals surface area contributed by atoms with Crippen molar-refractivity contribution in [3.05, 3.63) is 23.8 Å². The van der Waals surface area contributed by atoms with Crippen molar-refractivity contribution in [1.82, 2.24) is 0 Å². The van der Waals surface area contributed by atoms with Crippen LogP contribution in [0.15, 0.2) is 23.8 Å². The van der Waals surface area contributed by atoms with Crippen LogP contribution >= 0.6 is 11.8 Å². The molecule has 0 aliphatic heterocycles. The quantitative estimate of drug-likeness (QED) is 0.712. The van der Waals surface area contributed by atoms with Crippen molar-refractivity contribution >= 4 is 17.5 Å². The van der Waals surface area contributed by atoms with Crippen molar-refractivity contribution < 1.29 is 14.3 Å². The van der Waals surface area contributed by atoms with E-state index in [0.29, 0.717) is 12.3 Å². The number of thioether (sulfide) groups is 1. The molecule has 2 nitrogen and oxygen atoms in total. The number of allylic oxidation sites excluding steroid dienone is 4. The molecule has 4 rings (SSSR count). The molecule has 0 radical (unpaired) electrons. The van der Waals surface area contributed by atoms with E-state index in [4.69, 9.17) is 0 Å². The van der Waals surface area contributed by atoms with Crippen LogP contribution in [0.2, 0.25) is 0 Å². The van der Waals surface area contributed by atoms with Crippen molar-refractivity contribution in [3.63, 3.8) is 0 Å². The number of hydrogen-bond donors (Lipinski definition) is 1. The normalized spacial score (nSPS) is 51.4. The topological polar surface area (TPSA) is 37.3 Å². The van der Waals surface area contributed by atoms with Crippen LogP contribution < -0.4 is 0 Å². The van der Waals surface area contributed by atoms with Gasteiger partial charge in [-0.3, -0.25) is 4.79 Å². The fourth-order valence-electron chi connectivity index (χ4n) is 7.54. The first-order valence-corrected chi connectivity index (χ1v) is 11.8. The highest BCUT2D eigenvalue weighted by atomic mass is 32.2. The van der Waals surface area contributed by atoms with Crippen LogP contribution in [0, 0.1) is 22.7 Å². The molecule has 0 aromatic carbocycles. The van der Waals surface area contributed by atoms with E-state index in [-0.39, 0.29) is 21.9 Å². The predicted octanol–water partition coefficient (Wildman–Crippen LogP) is 5.26. The maximum Gasteiger partial charge on any atom is 0.178 e. The molecule has 4 aliphatic rings. The largest absolute Gasteiger partial charge is 0.390 e. The molecule has 0 spiro atoms. The molecular weight excluding hydrogens is 359 g/mol. The third-order valence-electron chi connectivity index (χ3n) is 8.98. The summed E-state index contributed by atoms with van der Waals surface area (Å²) < 4.78 is 17.1. The maximum atomic E-state index is 16.9. The number of ketones is 1. The van der Waals surface area contributed by atoms with Crippen LogP contribution in [0.4, 0.5) is 4.39 Å². The Hall–Kier alpha value is -0.610. The summed E-state index contributed by atoms with van der Waals surface area (Å²) in [4.78, 5) is 11.9. The number of halogens is 1. The first-order valence-electron chi connectivity index (χ1n) is 10.5. The van der Waals surface area contributed by atoms with Gasteiger partial charge in [-0.1, -0.05) is 31.9 Å². The van der Waals surface area contributed by atoms with E-state index in [1.807, 2.05) is 18.7 Å². The maximum absolute atomic E-state index is 16.9. The van der Waals surface area contributed by atoms with Crippen LogP contribution in [0.25, 0.3) is 0 Å². The van der Waals surface area contributed by atoms with Crippen molar-refractivity contribution in [2.75, 3.05) is 6.26 Å². The lowest BCUT2D eigenvalue weighted by molar-refractivity contribution is -0.192. The summed E-state index contributed by atoms with van der Waals surface area (Å²) in [6, 6.07) is 0.